The minimum atomic E-state index is -0.849. The summed E-state index contributed by atoms with van der Waals surface area (Å²) in [6.07, 6.45) is 3.80. The van der Waals surface area contributed by atoms with Crippen LogP contribution < -0.4 is 0 Å². The van der Waals surface area contributed by atoms with Gasteiger partial charge in [-0.1, -0.05) is 30.3 Å². The van der Waals surface area contributed by atoms with Gasteiger partial charge in [0, 0.05) is 32.0 Å². The van der Waals surface area contributed by atoms with E-state index in [2.05, 4.69) is 5.10 Å². The van der Waals surface area contributed by atoms with E-state index in [1.807, 2.05) is 37.4 Å². The molecule has 1 aromatic heterocycles. The highest BCUT2D eigenvalue weighted by molar-refractivity contribution is 5.96. The Labute approximate surface area is 146 Å². The van der Waals surface area contributed by atoms with Gasteiger partial charge in [-0.05, 0) is 18.4 Å². The van der Waals surface area contributed by atoms with E-state index in [0.717, 1.165) is 24.1 Å². The van der Waals surface area contributed by atoms with Crippen LogP contribution in [0.1, 0.15) is 46.3 Å². The molecule has 6 heteroatoms. The molecule has 0 spiro atoms. The summed E-state index contributed by atoms with van der Waals surface area (Å²) in [5.74, 6) is -1.29. The minimum Gasteiger partial charge on any atom is -0.481 e. The molecule has 2 atom stereocenters. The Morgan fingerprint density at radius 1 is 1.16 bits per heavy atom. The molecule has 6 nitrogen and oxygen atoms in total. The summed E-state index contributed by atoms with van der Waals surface area (Å²) >= 11 is 0. The van der Waals surface area contributed by atoms with Crippen LogP contribution in [-0.4, -0.2) is 44.8 Å². The summed E-state index contributed by atoms with van der Waals surface area (Å²) in [4.78, 5) is 26.4. The van der Waals surface area contributed by atoms with Gasteiger partial charge in [-0.25, -0.2) is 0 Å². The molecule has 1 aliphatic carbocycles. The van der Waals surface area contributed by atoms with Crippen molar-refractivity contribution in [2.75, 3.05) is 13.1 Å². The number of hydrogen-bond acceptors (Lipinski definition) is 3. The number of aryl methyl sites for hydroxylation is 1. The Hall–Kier alpha value is -2.63. The maximum Gasteiger partial charge on any atom is 0.308 e. The average Bonchev–Trinajstić information content (AvgIpc) is 3.21. The molecule has 1 aliphatic heterocycles. The number of rotatable bonds is 4. The van der Waals surface area contributed by atoms with E-state index in [-0.39, 0.29) is 18.4 Å². The molecule has 130 valence electrons. The number of aromatic nitrogens is 2. The number of aliphatic carboxylic acids is 1. The van der Waals surface area contributed by atoms with Gasteiger partial charge in [-0.3, -0.25) is 14.3 Å². The van der Waals surface area contributed by atoms with Crippen molar-refractivity contribution < 1.29 is 14.7 Å². The third kappa shape index (κ3) is 2.81. The summed E-state index contributed by atoms with van der Waals surface area (Å²) in [6.45, 7) is 0.672. The van der Waals surface area contributed by atoms with Gasteiger partial charge in [-0.2, -0.15) is 5.10 Å². The second-order valence-electron chi connectivity index (χ2n) is 7.01. The standard InChI is InChI=1S/C19H21N3O3/c1-21-17(13-7-8-13)14(9-20-21)18(23)22-10-15(16(11-22)19(24)25)12-5-3-2-4-6-12/h2-6,9,13,15-16H,7-8,10-11H2,1H3,(H,24,25). The van der Waals surface area contributed by atoms with E-state index in [4.69, 9.17) is 0 Å². The van der Waals surface area contributed by atoms with Crippen molar-refractivity contribution in [3.8, 4) is 0 Å². The number of likely N-dealkylation sites (tertiary alicyclic amines) is 1. The van der Waals surface area contributed by atoms with Crippen LogP contribution in [0.3, 0.4) is 0 Å². The molecule has 1 saturated carbocycles. The van der Waals surface area contributed by atoms with Crippen LogP contribution in [0.15, 0.2) is 36.5 Å². The van der Waals surface area contributed by atoms with E-state index in [1.54, 1.807) is 15.8 Å². The van der Waals surface area contributed by atoms with Crippen molar-refractivity contribution >= 4 is 11.9 Å². The Morgan fingerprint density at radius 3 is 2.52 bits per heavy atom. The summed E-state index contributed by atoms with van der Waals surface area (Å²) in [6, 6.07) is 9.60. The second-order valence-corrected chi connectivity index (χ2v) is 7.01. The molecule has 0 bridgehead atoms. The lowest BCUT2D eigenvalue weighted by Crippen LogP contribution is -2.30. The van der Waals surface area contributed by atoms with Crippen LogP contribution in [0.2, 0.25) is 0 Å². The van der Waals surface area contributed by atoms with E-state index in [0.29, 0.717) is 18.0 Å². The lowest BCUT2D eigenvalue weighted by atomic mass is 9.89. The molecule has 2 aliphatic rings. The largest absolute Gasteiger partial charge is 0.481 e. The summed E-state index contributed by atoms with van der Waals surface area (Å²) in [5.41, 5.74) is 2.58. The number of nitrogens with zero attached hydrogens (tertiary/aromatic N) is 3. The molecule has 2 fully saturated rings. The van der Waals surface area contributed by atoms with Crippen molar-refractivity contribution in [3.63, 3.8) is 0 Å². The fourth-order valence-corrected chi connectivity index (χ4v) is 3.88. The average molecular weight is 339 g/mol. The molecule has 4 rings (SSSR count). The predicted octanol–water partition coefficient (Wildman–Crippen LogP) is 2.24. The number of benzene rings is 1. The number of carboxylic acids is 1. The zero-order valence-corrected chi connectivity index (χ0v) is 14.1. The molecule has 1 N–H and O–H groups in total. The number of carbonyl (C=O) groups excluding carboxylic acids is 1. The van der Waals surface area contributed by atoms with Gasteiger partial charge in [-0.15, -0.1) is 0 Å². The second kappa shape index (κ2) is 6.02. The molecule has 2 unspecified atom stereocenters. The number of amides is 1. The van der Waals surface area contributed by atoms with Gasteiger partial charge in [0.25, 0.3) is 5.91 Å². The molecule has 2 aromatic rings. The van der Waals surface area contributed by atoms with Crippen LogP contribution in [0.4, 0.5) is 0 Å². The van der Waals surface area contributed by atoms with E-state index in [1.165, 1.54) is 0 Å². The normalized spacial score (nSPS) is 23.0. The number of carbonyl (C=O) groups is 2. The molecule has 0 radical (unpaired) electrons. The van der Waals surface area contributed by atoms with E-state index >= 15 is 0 Å². The van der Waals surface area contributed by atoms with Crippen LogP contribution in [0, 0.1) is 5.92 Å². The first-order valence-corrected chi connectivity index (χ1v) is 8.65. The Kier molecular flexibility index (Phi) is 3.82. The topological polar surface area (TPSA) is 75.4 Å². The molecular formula is C19H21N3O3. The predicted molar refractivity (Wildman–Crippen MR) is 91.4 cm³/mol. The summed E-state index contributed by atoms with van der Waals surface area (Å²) < 4.78 is 1.78. The smallest absolute Gasteiger partial charge is 0.308 e. The van der Waals surface area contributed by atoms with Crippen molar-refractivity contribution in [2.24, 2.45) is 13.0 Å². The first-order valence-electron chi connectivity index (χ1n) is 8.65. The third-order valence-corrected chi connectivity index (χ3v) is 5.33. The van der Waals surface area contributed by atoms with Crippen LogP contribution in [0.25, 0.3) is 0 Å². The minimum absolute atomic E-state index is 0.0975. The van der Waals surface area contributed by atoms with Gasteiger partial charge in [0.1, 0.15) is 0 Å². The van der Waals surface area contributed by atoms with Gasteiger partial charge in [0.15, 0.2) is 0 Å². The van der Waals surface area contributed by atoms with Gasteiger partial charge >= 0.3 is 5.97 Å². The summed E-state index contributed by atoms with van der Waals surface area (Å²) in [7, 11) is 1.86. The number of carboxylic acid groups (broad SMARTS) is 1. The molecule has 1 aromatic carbocycles. The van der Waals surface area contributed by atoms with Crippen molar-refractivity contribution in [2.45, 2.75) is 24.7 Å². The molecule has 2 heterocycles. The van der Waals surface area contributed by atoms with Gasteiger partial charge < -0.3 is 10.0 Å². The lowest BCUT2D eigenvalue weighted by Gasteiger charge is -2.17. The highest BCUT2D eigenvalue weighted by Gasteiger charge is 2.42. The Morgan fingerprint density at radius 2 is 1.88 bits per heavy atom. The first-order chi connectivity index (χ1) is 12.1. The highest BCUT2D eigenvalue weighted by atomic mass is 16.4. The van der Waals surface area contributed by atoms with Crippen molar-refractivity contribution in [1.82, 2.24) is 14.7 Å². The Balaban J connectivity index is 1.61. The highest BCUT2D eigenvalue weighted by Crippen LogP contribution is 2.42. The van der Waals surface area contributed by atoms with E-state index in [9.17, 15) is 14.7 Å². The zero-order chi connectivity index (χ0) is 17.6. The Bertz CT molecular complexity index is 811. The fourth-order valence-electron chi connectivity index (χ4n) is 3.88. The van der Waals surface area contributed by atoms with Crippen molar-refractivity contribution in [3.05, 3.63) is 53.3 Å². The quantitative estimate of drug-likeness (QED) is 0.927. The number of hydrogen-bond donors (Lipinski definition) is 1. The molecule has 1 amide bonds. The van der Waals surface area contributed by atoms with Gasteiger partial charge in [0.05, 0.1) is 23.4 Å². The third-order valence-electron chi connectivity index (χ3n) is 5.33. The maximum absolute atomic E-state index is 13.0. The first kappa shape index (κ1) is 15.9. The van der Waals surface area contributed by atoms with Crippen molar-refractivity contribution in [1.29, 1.82) is 0 Å². The monoisotopic (exact) mass is 339 g/mol. The van der Waals surface area contributed by atoms with Crippen LogP contribution in [-0.2, 0) is 11.8 Å². The fraction of sp³-hybridized carbons (Fsp3) is 0.421. The van der Waals surface area contributed by atoms with Crippen LogP contribution in [0.5, 0.6) is 0 Å². The molecular weight excluding hydrogens is 318 g/mol. The van der Waals surface area contributed by atoms with Gasteiger partial charge in [0.2, 0.25) is 0 Å². The molecule has 25 heavy (non-hydrogen) atoms. The zero-order valence-electron chi connectivity index (χ0n) is 14.1. The summed E-state index contributed by atoms with van der Waals surface area (Å²) in [5, 5.41) is 13.9. The SMILES string of the molecule is Cn1ncc(C(=O)N2CC(C(=O)O)C(c3ccccc3)C2)c1C1CC1. The van der Waals surface area contributed by atoms with Crippen LogP contribution >= 0.6 is 0 Å². The molecule has 1 saturated heterocycles. The van der Waals surface area contributed by atoms with E-state index < -0.39 is 11.9 Å². The maximum atomic E-state index is 13.0. The lowest BCUT2D eigenvalue weighted by molar-refractivity contribution is -0.141.